The molecule has 1 amide bonds. The predicted octanol–water partition coefficient (Wildman–Crippen LogP) is -0.641. The monoisotopic (exact) mass is 181 g/mol. The third-order valence-electron chi connectivity index (χ3n) is 1.33. The fourth-order valence-corrected chi connectivity index (χ4v) is 0.837. The second-order valence-electron chi connectivity index (χ2n) is 2.24. The van der Waals surface area contributed by atoms with Crippen molar-refractivity contribution in [2.75, 3.05) is 0 Å². The largest absolute Gasteiger partial charge is 0.429 e. The Labute approximate surface area is 73.7 Å². The zero-order chi connectivity index (χ0) is 9.84. The molecule has 1 aromatic rings. The van der Waals surface area contributed by atoms with Crippen molar-refractivity contribution >= 4 is 6.09 Å². The topological polar surface area (TPSA) is 101 Å². The molecule has 0 saturated carbocycles. The number of nitrogens with zero attached hydrogens (tertiary/aromatic N) is 2. The molecule has 1 heterocycles. The van der Waals surface area contributed by atoms with Crippen molar-refractivity contribution in [3.8, 4) is 6.07 Å². The molecule has 0 saturated heterocycles. The highest BCUT2D eigenvalue weighted by Crippen LogP contribution is 2.05. The van der Waals surface area contributed by atoms with Crippen LogP contribution in [-0.2, 0) is 6.61 Å². The third kappa shape index (κ3) is 1.98. The number of carbonyl (C=O) groups is 1. The van der Waals surface area contributed by atoms with E-state index in [1.54, 1.807) is 6.07 Å². The Morgan fingerprint density at radius 2 is 2.54 bits per heavy atom. The molecule has 0 unspecified atom stereocenters. The van der Waals surface area contributed by atoms with Crippen LogP contribution in [0.2, 0.25) is 0 Å². The maximum atomic E-state index is 10.3. The number of hydrogen-bond acceptors (Lipinski definition) is 4. The zero-order valence-corrected chi connectivity index (χ0v) is 6.60. The van der Waals surface area contributed by atoms with Crippen molar-refractivity contribution in [2.24, 2.45) is 5.73 Å². The number of aromatic nitrogens is 1. The van der Waals surface area contributed by atoms with E-state index >= 15 is 0 Å². The summed E-state index contributed by atoms with van der Waals surface area (Å²) >= 11 is 0. The van der Waals surface area contributed by atoms with Gasteiger partial charge in [-0.3, -0.25) is 0 Å². The Balaban J connectivity index is 2.98. The molecule has 0 aliphatic rings. The Morgan fingerprint density at radius 3 is 3.00 bits per heavy atom. The smallest absolute Gasteiger partial charge is 0.392 e. The van der Waals surface area contributed by atoms with Crippen molar-refractivity contribution in [1.29, 1.82) is 5.26 Å². The molecule has 0 atom stereocenters. The van der Waals surface area contributed by atoms with E-state index < -0.39 is 6.09 Å². The number of rotatable bonds is 2. The molecule has 0 aliphatic heterocycles. The summed E-state index contributed by atoms with van der Waals surface area (Å²) in [6.45, 7) is -0.232. The Kier molecular flexibility index (Phi) is 2.52. The Bertz CT molecular complexity index is 364. The maximum Gasteiger partial charge on any atom is 0.429 e. The van der Waals surface area contributed by atoms with E-state index in [-0.39, 0.29) is 12.3 Å². The third-order valence-corrected chi connectivity index (χ3v) is 1.33. The number of nitrogens with two attached hydrogens (primary N) is 1. The highest BCUT2D eigenvalue weighted by molar-refractivity contribution is 5.65. The number of aliphatic hydroxyl groups is 1. The highest BCUT2D eigenvalue weighted by atomic mass is 16.7. The van der Waals surface area contributed by atoms with Gasteiger partial charge in [0.1, 0.15) is 6.07 Å². The second kappa shape index (κ2) is 3.60. The van der Waals surface area contributed by atoms with Gasteiger partial charge in [-0.15, -0.1) is 0 Å². The minimum Gasteiger partial charge on any atom is -0.392 e. The van der Waals surface area contributed by atoms with Crippen LogP contribution in [0.5, 0.6) is 0 Å². The average molecular weight is 181 g/mol. The summed E-state index contributed by atoms with van der Waals surface area (Å²) in [5, 5.41) is 17.3. The van der Waals surface area contributed by atoms with Gasteiger partial charge in [-0.05, 0) is 6.07 Å². The number of nitriles is 1. The summed E-state index contributed by atoms with van der Waals surface area (Å²) in [5.41, 5.74) is 5.31. The van der Waals surface area contributed by atoms with Gasteiger partial charge >= 0.3 is 6.09 Å². The lowest BCUT2D eigenvalue weighted by Crippen LogP contribution is -2.25. The van der Waals surface area contributed by atoms with Crippen LogP contribution >= 0.6 is 0 Å². The molecule has 13 heavy (non-hydrogen) atoms. The normalized spacial score (nSPS) is 9.23. The van der Waals surface area contributed by atoms with Crippen LogP contribution in [0.25, 0.3) is 0 Å². The zero-order valence-electron chi connectivity index (χ0n) is 6.60. The first-order chi connectivity index (χ1) is 6.17. The fraction of sp³-hybridized carbons (Fsp3) is 0.143. The standard InChI is InChI=1S/C7H7N3O3/c8-2-6-1-5(4-11)3-10(6)13-7(9)12/h1,3,11H,4H2,(H2,9,12). The summed E-state index contributed by atoms with van der Waals surface area (Å²) in [6.07, 6.45) is 0.292. The lowest BCUT2D eigenvalue weighted by molar-refractivity contribution is 0.142. The van der Waals surface area contributed by atoms with E-state index in [4.69, 9.17) is 16.1 Å². The van der Waals surface area contributed by atoms with E-state index in [0.717, 1.165) is 4.73 Å². The van der Waals surface area contributed by atoms with Crippen LogP contribution in [0.1, 0.15) is 11.3 Å². The van der Waals surface area contributed by atoms with Gasteiger partial charge in [0.2, 0.25) is 0 Å². The van der Waals surface area contributed by atoms with Crippen molar-refractivity contribution < 1.29 is 14.7 Å². The van der Waals surface area contributed by atoms with E-state index in [2.05, 4.69) is 4.84 Å². The van der Waals surface area contributed by atoms with E-state index in [1.807, 2.05) is 0 Å². The molecule has 68 valence electrons. The van der Waals surface area contributed by atoms with E-state index in [1.165, 1.54) is 12.3 Å². The average Bonchev–Trinajstić information content (AvgIpc) is 2.46. The molecule has 1 rings (SSSR count). The minimum atomic E-state index is -1.02. The second-order valence-corrected chi connectivity index (χ2v) is 2.24. The summed E-state index contributed by atoms with van der Waals surface area (Å²) in [4.78, 5) is 14.8. The van der Waals surface area contributed by atoms with Gasteiger partial charge in [-0.2, -0.15) is 9.99 Å². The molecule has 0 fully saturated rings. The SMILES string of the molecule is N#Cc1cc(CO)cn1OC(N)=O. The first kappa shape index (κ1) is 9.09. The van der Waals surface area contributed by atoms with Gasteiger partial charge in [0.15, 0.2) is 5.69 Å². The summed E-state index contributed by atoms with van der Waals surface area (Å²) in [7, 11) is 0. The number of carbonyl (C=O) groups excluding carboxylic acids is 1. The van der Waals surface area contributed by atoms with Crippen molar-refractivity contribution in [2.45, 2.75) is 6.61 Å². The lowest BCUT2D eigenvalue weighted by atomic mass is 10.3. The molecule has 1 aromatic heterocycles. The van der Waals surface area contributed by atoms with Crippen LogP contribution in [0, 0.1) is 11.3 Å². The molecule has 0 bridgehead atoms. The van der Waals surface area contributed by atoms with Crippen LogP contribution in [0.4, 0.5) is 4.79 Å². The number of primary amides is 1. The van der Waals surface area contributed by atoms with Crippen molar-refractivity contribution in [3.63, 3.8) is 0 Å². The predicted molar refractivity (Wildman–Crippen MR) is 41.2 cm³/mol. The van der Waals surface area contributed by atoms with Gasteiger partial charge in [0.25, 0.3) is 0 Å². The van der Waals surface area contributed by atoms with Gasteiger partial charge < -0.3 is 15.7 Å². The summed E-state index contributed by atoms with van der Waals surface area (Å²) in [5.74, 6) is 0. The number of hydrogen-bond donors (Lipinski definition) is 2. The molecular weight excluding hydrogens is 174 g/mol. The first-order valence-electron chi connectivity index (χ1n) is 3.37. The summed E-state index contributed by atoms with van der Waals surface area (Å²) in [6, 6.07) is 3.17. The minimum absolute atomic E-state index is 0.0999. The van der Waals surface area contributed by atoms with Crippen LogP contribution in [0.15, 0.2) is 12.3 Å². The highest BCUT2D eigenvalue weighted by Gasteiger charge is 2.07. The fourth-order valence-electron chi connectivity index (χ4n) is 0.837. The molecule has 0 spiro atoms. The van der Waals surface area contributed by atoms with Gasteiger partial charge in [-0.1, -0.05) is 0 Å². The van der Waals surface area contributed by atoms with Gasteiger partial charge in [0, 0.05) is 5.56 Å². The molecule has 0 radical (unpaired) electrons. The van der Waals surface area contributed by atoms with Gasteiger partial charge in [-0.25, -0.2) is 4.79 Å². The van der Waals surface area contributed by atoms with Crippen molar-refractivity contribution in [3.05, 3.63) is 23.5 Å². The van der Waals surface area contributed by atoms with Crippen LogP contribution in [-0.4, -0.2) is 15.9 Å². The van der Waals surface area contributed by atoms with Crippen LogP contribution in [0.3, 0.4) is 0 Å². The van der Waals surface area contributed by atoms with Crippen molar-refractivity contribution in [1.82, 2.24) is 4.73 Å². The quantitative estimate of drug-likeness (QED) is 0.633. The Hall–Kier alpha value is -2.00. The molecule has 6 heteroatoms. The molecule has 0 aromatic carbocycles. The molecule has 6 nitrogen and oxygen atoms in total. The number of amides is 1. The molecule has 3 N–H and O–H groups in total. The Morgan fingerprint density at radius 1 is 1.85 bits per heavy atom. The van der Waals surface area contributed by atoms with E-state index in [0.29, 0.717) is 5.56 Å². The molecular formula is C7H7N3O3. The lowest BCUT2D eigenvalue weighted by Gasteiger charge is -2.00. The molecule has 0 aliphatic carbocycles. The summed E-state index contributed by atoms with van der Waals surface area (Å²) < 4.78 is 0.911. The van der Waals surface area contributed by atoms with Crippen LogP contribution < -0.4 is 10.6 Å². The van der Waals surface area contributed by atoms with Gasteiger partial charge in [0.05, 0.1) is 12.8 Å². The van der Waals surface area contributed by atoms with E-state index in [9.17, 15) is 4.79 Å². The number of aliphatic hydroxyl groups excluding tert-OH is 1. The first-order valence-corrected chi connectivity index (χ1v) is 3.37. The maximum absolute atomic E-state index is 10.3.